The van der Waals surface area contributed by atoms with Gasteiger partial charge in [-0.1, -0.05) is 29.8 Å². The molecule has 0 aliphatic carbocycles. The van der Waals surface area contributed by atoms with Gasteiger partial charge >= 0.3 is 5.97 Å². The zero-order chi connectivity index (χ0) is 16.8. The van der Waals surface area contributed by atoms with Gasteiger partial charge in [0, 0.05) is 29.9 Å². The number of benzene rings is 1. The van der Waals surface area contributed by atoms with Crippen molar-refractivity contribution in [1.29, 1.82) is 0 Å². The van der Waals surface area contributed by atoms with Crippen molar-refractivity contribution in [1.82, 2.24) is 9.03 Å². The van der Waals surface area contributed by atoms with Gasteiger partial charge in [0.2, 0.25) is 0 Å². The van der Waals surface area contributed by atoms with Gasteiger partial charge in [0.25, 0.3) is 0 Å². The number of halogens is 1. The van der Waals surface area contributed by atoms with Crippen LogP contribution in [0.5, 0.6) is 0 Å². The van der Waals surface area contributed by atoms with E-state index in [-0.39, 0.29) is 12.0 Å². The van der Waals surface area contributed by atoms with Crippen LogP contribution in [0, 0.1) is 6.92 Å². The molecule has 1 aliphatic rings. The normalized spacial score (nSPS) is 17.6. The summed E-state index contributed by atoms with van der Waals surface area (Å²) in [4.78, 5) is 12.3. The molecule has 1 unspecified atom stereocenters. The zero-order valence-electron chi connectivity index (χ0n) is 13.3. The summed E-state index contributed by atoms with van der Waals surface area (Å²) in [6.07, 6.45) is 4.52. The molecule has 0 radical (unpaired) electrons. The van der Waals surface area contributed by atoms with Gasteiger partial charge in [0.05, 0.1) is 18.2 Å². The van der Waals surface area contributed by atoms with Gasteiger partial charge in [-0.05, 0) is 37.5 Å². The average Bonchev–Trinajstić information content (AvgIpc) is 2.53. The molecule has 4 nitrogen and oxygen atoms in total. The maximum absolute atomic E-state index is 12.3. The Morgan fingerprint density at radius 3 is 3.00 bits per heavy atom. The first-order valence-corrected chi connectivity index (χ1v) is 8.66. The number of rotatable bonds is 6. The molecule has 0 spiro atoms. The van der Waals surface area contributed by atoms with Crippen LogP contribution in [0.2, 0.25) is 5.02 Å². The molecular weight excluding hydrogens is 332 g/mol. The van der Waals surface area contributed by atoms with E-state index in [9.17, 15) is 4.79 Å². The summed E-state index contributed by atoms with van der Waals surface area (Å²) in [6.45, 7) is 8.61. The molecule has 2 rings (SSSR count). The first kappa shape index (κ1) is 17.9. The molecule has 0 aromatic heterocycles. The van der Waals surface area contributed by atoms with Crippen LogP contribution in [0.15, 0.2) is 42.6 Å². The lowest BCUT2D eigenvalue weighted by Gasteiger charge is -2.31. The Bertz CT molecular complexity index is 619. The summed E-state index contributed by atoms with van der Waals surface area (Å²) in [7, 11) is 0. The molecule has 1 heterocycles. The van der Waals surface area contributed by atoms with Crippen molar-refractivity contribution < 1.29 is 9.53 Å². The minimum atomic E-state index is -0.328. The Morgan fingerprint density at radius 1 is 1.57 bits per heavy atom. The minimum Gasteiger partial charge on any atom is -0.463 e. The third kappa shape index (κ3) is 4.53. The zero-order valence-corrected chi connectivity index (χ0v) is 14.9. The smallest absolute Gasteiger partial charge is 0.337 e. The maximum atomic E-state index is 12.3. The van der Waals surface area contributed by atoms with Crippen molar-refractivity contribution in [2.75, 3.05) is 13.2 Å². The number of hydrogen-bond donors (Lipinski definition) is 1. The molecule has 1 N–H and O–H groups in total. The molecule has 0 fully saturated rings. The van der Waals surface area contributed by atoms with E-state index >= 15 is 0 Å². The number of carbonyl (C=O) groups is 1. The monoisotopic (exact) mass is 352 g/mol. The molecule has 1 aromatic rings. The minimum absolute atomic E-state index is 0.299. The molecule has 124 valence electrons. The fourth-order valence-electron chi connectivity index (χ4n) is 2.25. The van der Waals surface area contributed by atoms with Crippen molar-refractivity contribution in [3.05, 3.63) is 58.8 Å². The largest absolute Gasteiger partial charge is 0.463 e. The van der Waals surface area contributed by atoms with E-state index in [2.05, 4.69) is 11.3 Å². The summed E-state index contributed by atoms with van der Waals surface area (Å²) in [5.41, 5.74) is 2.50. The molecule has 1 atom stereocenters. The number of esters is 1. The average molecular weight is 353 g/mol. The summed E-state index contributed by atoms with van der Waals surface area (Å²) < 4.78 is 10.5. The fraction of sp³-hybridized carbons (Fsp3) is 0.353. The van der Waals surface area contributed by atoms with Crippen molar-refractivity contribution in [3.63, 3.8) is 0 Å². The number of aryl methyl sites for hydroxylation is 1. The highest BCUT2D eigenvalue weighted by Gasteiger charge is 2.30. The lowest BCUT2D eigenvalue weighted by molar-refractivity contribution is -0.139. The lowest BCUT2D eigenvalue weighted by atomic mass is 9.99. The van der Waals surface area contributed by atoms with Gasteiger partial charge in [-0.15, -0.1) is 6.58 Å². The van der Waals surface area contributed by atoms with Crippen LogP contribution in [-0.4, -0.2) is 23.4 Å². The third-order valence-electron chi connectivity index (χ3n) is 3.41. The summed E-state index contributed by atoms with van der Waals surface area (Å²) >= 11 is 7.83. The van der Waals surface area contributed by atoms with Gasteiger partial charge in [-0.25, -0.2) is 9.52 Å². The predicted molar refractivity (Wildman–Crippen MR) is 95.9 cm³/mol. The molecule has 0 saturated carbocycles. The summed E-state index contributed by atoms with van der Waals surface area (Å²) in [5.74, 6) is -0.328. The van der Waals surface area contributed by atoms with Crippen LogP contribution >= 0.6 is 23.7 Å². The number of hydrogen-bond acceptors (Lipinski definition) is 5. The van der Waals surface area contributed by atoms with E-state index in [0.29, 0.717) is 17.2 Å². The maximum Gasteiger partial charge on any atom is 0.337 e. The van der Waals surface area contributed by atoms with Crippen LogP contribution in [0.3, 0.4) is 0 Å². The molecule has 0 bridgehead atoms. The highest BCUT2D eigenvalue weighted by Crippen LogP contribution is 2.35. The van der Waals surface area contributed by atoms with Gasteiger partial charge in [-0.2, -0.15) is 0 Å². The van der Waals surface area contributed by atoms with Gasteiger partial charge in [0.1, 0.15) is 0 Å². The van der Waals surface area contributed by atoms with Crippen LogP contribution in [-0.2, 0) is 9.53 Å². The standard InChI is InChI=1S/C17H21ClN2O2S/c1-4-6-9-20-11-14(17(21)22-5-2)16(19-23-20)13-8-7-12(3)10-15(13)18/h4,7-8,10-11,16,19H,1,5-6,9H2,2-3H3. The van der Waals surface area contributed by atoms with Crippen LogP contribution in [0.25, 0.3) is 0 Å². The van der Waals surface area contributed by atoms with Gasteiger partial charge in [0.15, 0.2) is 0 Å². The quantitative estimate of drug-likeness (QED) is 0.472. The van der Waals surface area contributed by atoms with Gasteiger partial charge in [-0.3, -0.25) is 0 Å². The molecule has 1 aliphatic heterocycles. The van der Waals surface area contributed by atoms with Gasteiger partial charge < -0.3 is 9.04 Å². The van der Waals surface area contributed by atoms with Crippen LogP contribution in [0.1, 0.15) is 30.5 Å². The van der Waals surface area contributed by atoms with Crippen molar-refractivity contribution >= 4 is 29.7 Å². The van der Waals surface area contributed by atoms with E-state index in [0.717, 1.165) is 24.1 Å². The van der Waals surface area contributed by atoms with Crippen molar-refractivity contribution in [3.8, 4) is 0 Å². The number of nitrogens with zero attached hydrogens (tertiary/aromatic N) is 1. The van der Waals surface area contributed by atoms with Crippen molar-refractivity contribution in [2.24, 2.45) is 0 Å². The Hall–Kier alpha value is -1.43. The number of carbonyl (C=O) groups excluding carboxylic acids is 1. The fourth-order valence-corrected chi connectivity index (χ4v) is 3.45. The predicted octanol–water partition coefficient (Wildman–Crippen LogP) is 4.18. The van der Waals surface area contributed by atoms with E-state index in [1.54, 1.807) is 6.92 Å². The Balaban J connectivity index is 2.33. The highest BCUT2D eigenvalue weighted by atomic mass is 35.5. The van der Waals surface area contributed by atoms with Crippen LogP contribution in [0.4, 0.5) is 0 Å². The van der Waals surface area contributed by atoms with Crippen LogP contribution < -0.4 is 4.72 Å². The lowest BCUT2D eigenvalue weighted by Crippen LogP contribution is -2.32. The number of ether oxygens (including phenoxy) is 1. The summed E-state index contributed by atoms with van der Waals surface area (Å²) in [5, 5.41) is 0.637. The first-order valence-electron chi connectivity index (χ1n) is 7.51. The number of nitrogens with one attached hydrogen (secondary N) is 1. The molecule has 23 heavy (non-hydrogen) atoms. The third-order valence-corrected chi connectivity index (χ3v) is 4.60. The molecule has 6 heteroatoms. The highest BCUT2D eigenvalue weighted by molar-refractivity contribution is 7.95. The summed E-state index contributed by atoms with van der Waals surface area (Å²) in [6, 6.07) is 5.53. The topological polar surface area (TPSA) is 41.6 Å². The van der Waals surface area contributed by atoms with E-state index in [4.69, 9.17) is 16.3 Å². The second-order valence-electron chi connectivity index (χ2n) is 5.19. The Kier molecular flexibility index (Phi) is 6.57. The SMILES string of the molecule is C=CCCN1C=C(C(=O)OCC)C(c2ccc(C)cc2Cl)NS1. The second kappa shape index (κ2) is 8.43. The molecule has 1 aromatic carbocycles. The second-order valence-corrected chi connectivity index (χ2v) is 6.48. The van der Waals surface area contributed by atoms with E-state index in [1.807, 2.05) is 41.7 Å². The molecular formula is C17H21ClN2O2S. The van der Waals surface area contributed by atoms with Crippen molar-refractivity contribution in [2.45, 2.75) is 26.3 Å². The Labute approximate surface area is 146 Å². The molecule has 0 saturated heterocycles. The molecule has 0 amide bonds. The van der Waals surface area contributed by atoms with E-state index in [1.165, 1.54) is 12.1 Å². The first-order chi connectivity index (χ1) is 11.1. The Morgan fingerprint density at radius 2 is 2.35 bits per heavy atom. The van der Waals surface area contributed by atoms with E-state index < -0.39 is 0 Å².